The largest absolute Gasteiger partial charge is 0.416 e. The predicted octanol–water partition coefficient (Wildman–Crippen LogP) is 3.51. The maximum Gasteiger partial charge on any atom is 0.416 e. The van der Waals surface area contributed by atoms with Crippen LogP contribution in [0.15, 0.2) is 24.3 Å². The van der Waals surface area contributed by atoms with Crippen LogP contribution in [0, 0.1) is 0 Å². The average Bonchev–Trinajstić information content (AvgIpc) is 2.17. The molecule has 1 aromatic rings. The van der Waals surface area contributed by atoms with Crippen molar-refractivity contribution in [2.24, 2.45) is 5.73 Å². The topological polar surface area (TPSA) is 26.0 Å². The number of halogens is 3. The standard InChI is InChI=1S/C11H14F3N/c1-2-5-10(15)8-6-3-4-7-9(8)11(12,13)14/h3-4,6-7,10H,2,5,15H2,1H3. The summed E-state index contributed by atoms with van der Waals surface area (Å²) < 4.78 is 37.8. The minimum absolute atomic E-state index is 0.187. The van der Waals surface area contributed by atoms with Gasteiger partial charge in [-0.2, -0.15) is 13.2 Å². The third kappa shape index (κ3) is 2.96. The fraction of sp³-hybridized carbons (Fsp3) is 0.455. The molecule has 4 heteroatoms. The van der Waals surface area contributed by atoms with E-state index in [1.807, 2.05) is 6.92 Å². The van der Waals surface area contributed by atoms with Crippen LogP contribution >= 0.6 is 0 Å². The second-order valence-electron chi connectivity index (χ2n) is 3.48. The minimum atomic E-state index is -4.32. The lowest BCUT2D eigenvalue weighted by Gasteiger charge is -2.17. The van der Waals surface area contributed by atoms with Crippen molar-refractivity contribution in [3.8, 4) is 0 Å². The molecule has 1 nitrogen and oxygen atoms in total. The fourth-order valence-corrected chi connectivity index (χ4v) is 1.55. The molecule has 0 fully saturated rings. The number of rotatable bonds is 3. The highest BCUT2D eigenvalue weighted by atomic mass is 19.4. The minimum Gasteiger partial charge on any atom is -0.324 e. The van der Waals surface area contributed by atoms with Crippen LogP contribution in [-0.4, -0.2) is 0 Å². The van der Waals surface area contributed by atoms with Gasteiger partial charge in [0.2, 0.25) is 0 Å². The molecule has 1 atom stereocenters. The first kappa shape index (κ1) is 12.0. The van der Waals surface area contributed by atoms with E-state index in [-0.39, 0.29) is 5.56 Å². The average molecular weight is 217 g/mol. The maximum absolute atomic E-state index is 12.6. The molecule has 0 saturated carbocycles. The zero-order chi connectivity index (χ0) is 11.5. The molecule has 0 radical (unpaired) electrons. The van der Waals surface area contributed by atoms with Gasteiger partial charge in [0.15, 0.2) is 0 Å². The van der Waals surface area contributed by atoms with E-state index in [9.17, 15) is 13.2 Å². The molecule has 1 aromatic carbocycles. The molecule has 0 amide bonds. The van der Waals surface area contributed by atoms with Crippen molar-refractivity contribution in [3.05, 3.63) is 35.4 Å². The summed E-state index contributed by atoms with van der Waals surface area (Å²) in [6, 6.07) is 4.95. The van der Waals surface area contributed by atoms with Crippen LogP contribution in [-0.2, 0) is 6.18 Å². The number of hydrogen-bond acceptors (Lipinski definition) is 1. The third-order valence-electron chi connectivity index (χ3n) is 2.27. The van der Waals surface area contributed by atoms with E-state index >= 15 is 0 Å². The Kier molecular flexibility index (Phi) is 3.74. The first-order chi connectivity index (χ1) is 6.96. The Morgan fingerprint density at radius 3 is 2.40 bits per heavy atom. The van der Waals surface area contributed by atoms with Gasteiger partial charge in [0.1, 0.15) is 0 Å². The summed E-state index contributed by atoms with van der Waals surface area (Å²) in [6.45, 7) is 1.90. The molecule has 2 N–H and O–H groups in total. The summed E-state index contributed by atoms with van der Waals surface area (Å²) in [4.78, 5) is 0. The van der Waals surface area contributed by atoms with Gasteiger partial charge in [-0.25, -0.2) is 0 Å². The van der Waals surface area contributed by atoms with Gasteiger partial charge in [-0.1, -0.05) is 31.5 Å². The van der Waals surface area contributed by atoms with E-state index in [2.05, 4.69) is 0 Å². The summed E-state index contributed by atoms with van der Waals surface area (Å²) in [5, 5.41) is 0. The second kappa shape index (κ2) is 4.66. The molecule has 15 heavy (non-hydrogen) atoms. The van der Waals surface area contributed by atoms with E-state index in [0.29, 0.717) is 6.42 Å². The van der Waals surface area contributed by atoms with Gasteiger partial charge in [-0.05, 0) is 18.1 Å². The molecule has 1 unspecified atom stereocenters. The highest BCUT2D eigenvalue weighted by Crippen LogP contribution is 2.34. The molecule has 0 heterocycles. The van der Waals surface area contributed by atoms with Crippen LogP contribution in [0.1, 0.15) is 36.9 Å². The summed E-state index contributed by atoms with van der Waals surface area (Å²) in [6.07, 6.45) is -2.98. The molecule has 0 aliphatic carbocycles. The number of hydrogen-bond donors (Lipinski definition) is 1. The zero-order valence-corrected chi connectivity index (χ0v) is 8.51. The van der Waals surface area contributed by atoms with Crippen LogP contribution in [0.2, 0.25) is 0 Å². The summed E-state index contributed by atoms with van der Waals surface area (Å²) in [5.74, 6) is 0. The molecular weight excluding hydrogens is 203 g/mol. The van der Waals surface area contributed by atoms with E-state index in [0.717, 1.165) is 12.5 Å². The summed E-state index contributed by atoms with van der Waals surface area (Å²) in [5.41, 5.74) is 5.27. The van der Waals surface area contributed by atoms with Crippen LogP contribution < -0.4 is 5.73 Å². The Bertz CT molecular complexity index is 320. The van der Waals surface area contributed by atoms with Crippen LogP contribution in [0.4, 0.5) is 13.2 Å². The van der Waals surface area contributed by atoms with Crippen LogP contribution in [0.5, 0.6) is 0 Å². The van der Waals surface area contributed by atoms with Crippen molar-refractivity contribution in [2.45, 2.75) is 32.0 Å². The van der Waals surface area contributed by atoms with Crippen molar-refractivity contribution in [1.82, 2.24) is 0 Å². The normalized spacial score (nSPS) is 13.9. The van der Waals surface area contributed by atoms with Crippen molar-refractivity contribution >= 4 is 0 Å². The summed E-state index contributed by atoms with van der Waals surface area (Å²) >= 11 is 0. The lowest BCUT2D eigenvalue weighted by molar-refractivity contribution is -0.138. The molecule has 0 aliphatic rings. The Hall–Kier alpha value is -1.03. The van der Waals surface area contributed by atoms with Crippen molar-refractivity contribution in [1.29, 1.82) is 0 Å². The van der Waals surface area contributed by atoms with Crippen molar-refractivity contribution < 1.29 is 13.2 Å². The SMILES string of the molecule is CCCC(N)c1ccccc1C(F)(F)F. The summed E-state index contributed by atoms with van der Waals surface area (Å²) in [7, 11) is 0. The first-order valence-electron chi connectivity index (χ1n) is 4.88. The van der Waals surface area contributed by atoms with Crippen LogP contribution in [0.25, 0.3) is 0 Å². The fourth-order valence-electron chi connectivity index (χ4n) is 1.55. The molecule has 0 aliphatic heterocycles. The van der Waals surface area contributed by atoms with Gasteiger partial charge >= 0.3 is 6.18 Å². The molecule has 0 saturated heterocycles. The quantitative estimate of drug-likeness (QED) is 0.823. The number of alkyl halides is 3. The Morgan fingerprint density at radius 1 is 1.27 bits per heavy atom. The highest BCUT2D eigenvalue weighted by molar-refractivity contribution is 5.32. The first-order valence-corrected chi connectivity index (χ1v) is 4.88. The molecular formula is C11H14F3N. The van der Waals surface area contributed by atoms with Crippen LogP contribution in [0.3, 0.4) is 0 Å². The molecule has 84 valence electrons. The highest BCUT2D eigenvalue weighted by Gasteiger charge is 2.33. The number of nitrogens with two attached hydrogens (primary N) is 1. The van der Waals surface area contributed by atoms with Gasteiger partial charge in [-0.3, -0.25) is 0 Å². The Balaban J connectivity index is 3.06. The maximum atomic E-state index is 12.6. The monoisotopic (exact) mass is 217 g/mol. The van der Waals surface area contributed by atoms with E-state index in [1.54, 1.807) is 6.07 Å². The van der Waals surface area contributed by atoms with Gasteiger partial charge < -0.3 is 5.73 Å². The van der Waals surface area contributed by atoms with E-state index in [4.69, 9.17) is 5.73 Å². The zero-order valence-electron chi connectivity index (χ0n) is 8.51. The van der Waals surface area contributed by atoms with Gasteiger partial charge in [-0.15, -0.1) is 0 Å². The molecule has 0 aromatic heterocycles. The van der Waals surface area contributed by atoms with E-state index < -0.39 is 17.8 Å². The van der Waals surface area contributed by atoms with Gasteiger partial charge in [0, 0.05) is 6.04 Å². The Morgan fingerprint density at radius 2 is 1.87 bits per heavy atom. The van der Waals surface area contributed by atoms with Crippen molar-refractivity contribution in [2.75, 3.05) is 0 Å². The smallest absolute Gasteiger partial charge is 0.324 e. The lowest BCUT2D eigenvalue weighted by Crippen LogP contribution is -2.17. The number of benzene rings is 1. The lowest BCUT2D eigenvalue weighted by atomic mass is 9.97. The predicted molar refractivity (Wildman–Crippen MR) is 53.3 cm³/mol. The van der Waals surface area contributed by atoms with Crippen molar-refractivity contribution in [3.63, 3.8) is 0 Å². The van der Waals surface area contributed by atoms with Gasteiger partial charge in [0.25, 0.3) is 0 Å². The molecule has 0 spiro atoms. The Labute approximate surface area is 87.1 Å². The van der Waals surface area contributed by atoms with Gasteiger partial charge in [0.05, 0.1) is 5.56 Å². The van der Waals surface area contributed by atoms with E-state index in [1.165, 1.54) is 12.1 Å². The molecule has 0 bridgehead atoms. The second-order valence-corrected chi connectivity index (χ2v) is 3.48. The molecule has 1 rings (SSSR count). The third-order valence-corrected chi connectivity index (χ3v) is 2.27.